The Morgan fingerprint density at radius 1 is 1.42 bits per heavy atom. The van der Waals surface area contributed by atoms with Crippen LogP contribution in [0.25, 0.3) is 0 Å². The summed E-state index contributed by atoms with van der Waals surface area (Å²) in [4.78, 5) is 4.07. The molecule has 1 fully saturated rings. The van der Waals surface area contributed by atoms with E-state index in [1.807, 2.05) is 6.20 Å². The fraction of sp³-hybridized carbons (Fsp3) is 0.688. The average Bonchev–Trinajstić information content (AvgIpc) is 2.41. The molecule has 0 bridgehead atoms. The summed E-state index contributed by atoms with van der Waals surface area (Å²) < 4.78 is 0. The molecule has 106 valence electrons. The normalized spacial score (nSPS) is 27.7. The molecule has 0 radical (unpaired) electrons. The molecule has 1 aromatic rings. The molecular formula is C16H25ClN2. The molecule has 1 aliphatic rings. The summed E-state index contributed by atoms with van der Waals surface area (Å²) in [6.45, 7) is 4.70. The molecule has 1 aromatic heterocycles. The molecule has 1 heterocycles. The van der Waals surface area contributed by atoms with Gasteiger partial charge in [0.05, 0.1) is 5.02 Å². The highest BCUT2D eigenvalue weighted by Crippen LogP contribution is 2.36. The molecule has 0 spiro atoms. The van der Waals surface area contributed by atoms with Crippen molar-refractivity contribution in [2.75, 3.05) is 7.05 Å². The Kier molecular flexibility index (Phi) is 5.23. The van der Waals surface area contributed by atoms with E-state index in [2.05, 4.69) is 37.3 Å². The van der Waals surface area contributed by atoms with Crippen molar-refractivity contribution in [2.24, 2.45) is 17.8 Å². The highest BCUT2D eigenvalue weighted by molar-refractivity contribution is 6.31. The first kappa shape index (κ1) is 14.8. The van der Waals surface area contributed by atoms with Crippen molar-refractivity contribution in [3.05, 3.63) is 29.0 Å². The molecule has 0 aliphatic heterocycles. The fourth-order valence-electron chi connectivity index (χ4n) is 3.36. The smallest absolute Gasteiger partial charge is 0.0621 e. The van der Waals surface area contributed by atoms with Crippen molar-refractivity contribution in [1.29, 1.82) is 0 Å². The van der Waals surface area contributed by atoms with E-state index in [1.54, 1.807) is 6.20 Å². The van der Waals surface area contributed by atoms with Crippen molar-refractivity contribution >= 4 is 11.6 Å². The third-order valence-corrected chi connectivity index (χ3v) is 5.02. The second kappa shape index (κ2) is 6.71. The molecule has 3 atom stereocenters. The Hall–Kier alpha value is -0.600. The molecule has 0 aromatic carbocycles. The van der Waals surface area contributed by atoms with Crippen molar-refractivity contribution in [2.45, 2.75) is 45.6 Å². The van der Waals surface area contributed by atoms with Gasteiger partial charge >= 0.3 is 0 Å². The standard InChI is InChI=1S/C16H25ClN2/c1-11(2)12-4-5-16(18-3)14(8-12)9-13-6-7-19-10-15(13)17/h6-7,10-12,14,16,18H,4-5,8-9H2,1-3H3. The number of hydrogen-bond donors (Lipinski definition) is 1. The monoisotopic (exact) mass is 280 g/mol. The van der Waals surface area contributed by atoms with Gasteiger partial charge in [-0.2, -0.15) is 0 Å². The summed E-state index contributed by atoms with van der Waals surface area (Å²) in [5, 5.41) is 4.30. The van der Waals surface area contributed by atoms with Gasteiger partial charge in [0.15, 0.2) is 0 Å². The largest absolute Gasteiger partial charge is 0.317 e. The summed E-state index contributed by atoms with van der Waals surface area (Å²) in [6.07, 6.45) is 8.61. The maximum Gasteiger partial charge on any atom is 0.0621 e. The lowest BCUT2D eigenvalue weighted by Gasteiger charge is -2.38. The second-order valence-electron chi connectivity index (χ2n) is 6.14. The van der Waals surface area contributed by atoms with Gasteiger partial charge in [-0.05, 0) is 62.1 Å². The number of halogens is 1. The Morgan fingerprint density at radius 2 is 2.21 bits per heavy atom. The summed E-state index contributed by atoms with van der Waals surface area (Å²) in [7, 11) is 2.08. The SMILES string of the molecule is CNC1CCC(C(C)C)CC1Cc1ccncc1Cl. The zero-order valence-electron chi connectivity index (χ0n) is 12.2. The Labute approximate surface area is 122 Å². The van der Waals surface area contributed by atoms with E-state index < -0.39 is 0 Å². The average molecular weight is 281 g/mol. The van der Waals surface area contributed by atoms with Crippen LogP contribution in [0.4, 0.5) is 0 Å². The first-order chi connectivity index (χ1) is 9.11. The Balaban J connectivity index is 2.08. The zero-order chi connectivity index (χ0) is 13.8. The topological polar surface area (TPSA) is 24.9 Å². The third-order valence-electron chi connectivity index (χ3n) is 4.68. The van der Waals surface area contributed by atoms with E-state index in [1.165, 1.54) is 24.8 Å². The second-order valence-corrected chi connectivity index (χ2v) is 6.55. The summed E-state index contributed by atoms with van der Waals surface area (Å²) in [5.41, 5.74) is 1.24. The van der Waals surface area contributed by atoms with Gasteiger partial charge in [-0.25, -0.2) is 0 Å². The number of pyridine rings is 1. The van der Waals surface area contributed by atoms with Gasteiger partial charge in [0.25, 0.3) is 0 Å². The molecular weight excluding hydrogens is 256 g/mol. The lowest BCUT2D eigenvalue weighted by atomic mass is 9.72. The third kappa shape index (κ3) is 3.70. The van der Waals surface area contributed by atoms with Crippen LogP contribution in [0.2, 0.25) is 5.02 Å². The number of aromatic nitrogens is 1. The molecule has 2 rings (SSSR count). The maximum atomic E-state index is 6.25. The van der Waals surface area contributed by atoms with Crippen molar-refractivity contribution < 1.29 is 0 Å². The van der Waals surface area contributed by atoms with E-state index in [0.717, 1.165) is 23.3 Å². The predicted octanol–water partition coefficient (Wildman–Crippen LogP) is 3.94. The van der Waals surface area contributed by atoms with Gasteiger partial charge in [0, 0.05) is 18.4 Å². The van der Waals surface area contributed by atoms with Gasteiger partial charge in [-0.1, -0.05) is 25.4 Å². The van der Waals surface area contributed by atoms with E-state index >= 15 is 0 Å². The minimum absolute atomic E-state index is 0.624. The van der Waals surface area contributed by atoms with Crippen LogP contribution in [0.3, 0.4) is 0 Å². The van der Waals surface area contributed by atoms with Crippen molar-refractivity contribution in [1.82, 2.24) is 10.3 Å². The minimum atomic E-state index is 0.624. The minimum Gasteiger partial charge on any atom is -0.317 e. The van der Waals surface area contributed by atoms with Gasteiger partial charge in [-0.15, -0.1) is 0 Å². The number of nitrogens with zero attached hydrogens (tertiary/aromatic N) is 1. The number of rotatable bonds is 4. The first-order valence-electron chi connectivity index (χ1n) is 7.37. The van der Waals surface area contributed by atoms with Crippen LogP contribution >= 0.6 is 11.6 Å². The molecule has 0 amide bonds. The van der Waals surface area contributed by atoms with Crippen LogP contribution in [-0.4, -0.2) is 18.1 Å². The summed E-state index contributed by atoms with van der Waals surface area (Å²) >= 11 is 6.25. The lowest BCUT2D eigenvalue weighted by molar-refractivity contribution is 0.173. The van der Waals surface area contributed by atoms with Gasteiger partial charge in [0.2, 0.25) is 0 Å². The Morgan fingerprint density at radius 3 is 2.84 bits per heavy atom. The van der Waals surface area contributed by atoms with E-state index in [-0.39, 0.29) is 0 Å². The Bertz CT molecular complexity index is 405. The number of hydrogen-bond acceptors (Lipinski definition) is 2. The first-order valence-corrected chi connectivity index (χ1v) is 7.75. The highest BCUT2D eigenvalue weighted by atomic mass is 35.5. The van der Waals surface area contributed by atoms with Crippen LogP contribution < -0.4 is 5.32 Å². The van der Waals surface area contributed by atoms with Gasteiger partial charge in [0.1, 0.15) is 0 Å². The van der Waals surface area contributed by atoms with E-state index in [4.69, 9.17) is 11.6 Å². The molecule has 3 unspecified atom stereocenters. The molecule has 1 N–H and O–H groups in total. The summed E-state index contributed by atoms with van der Waals surface area (Å²) in [5.74, 6) is 2.33. The van der Waals surface area contributed by atoms with Crippen LogP contribution in [0.1, 0.15) is 38.7 Å². The fourth-order valence-corrected chi connectivity index (χ4v) is 3.56. The van der Waals surface area contributed by atoms with Gasteiger partial charge < -0.3 is 5.32 Å². The van der Waals surface area contributed by atoms with Gasteiger partial charge in [-0.3, -0.25) is 4.98 Å². The van der Waals surface area contributed by atoms with E-state index in [9.17, 15) is 0 Å². The van der Waals surface area contributed by atoms with Crippen molar-refractivity contribution in [3.8, 4) is 0 Å². The summed E-state index contributed by atoms with van der Waals surface area (Å²) in [6, 6.07) is 2.69. The molecule has 1 saturated carbocycles. The van der Waals surface area contributed by atoms with Crippen LogP contribution in [0.5, 0.6) is 0 Å². The number of nitrogens with one attached hydrogen (secondary N) is 1. The van der Waals surface area contributed by atoms with Crippen LogP contribution in [0, 0.1) is 17.8 Å². The maximum absolute atomic E-state index is 6.25. The molecule has 0 saturated heterocycles. The molecule has 2 nitrogen and oxygen atoms in total. The molecule has 19 heavy (non-hydrogen) atoms. The van der Waals surface area contributed by atoms with Crippen molar-refractivity contribution in [3.63, 3.8) is 0 Å². The molecule has 3 heteroatoms. The molecule has 1 aliphatic carbocycles. The highest BCUT2D eigenvalue weighted by Gasteiger charge is 2.31. The van der Waals surface area contributed by atoms with Crippen LogP contribution in [-0.2, 0) is 6.42 Å². The van der Waals surface area contributed by atoms with E-state index in [0.29, 0.717) is 12.0 Å². The predicted molar refractivity (Wildman–Crippen MR) is 81.5 cm³/mol. The zero-order valence-corrected chi connectivity index (χ0v) is 13.0. The lowest BCUT2D eigenvalue weighted by Crippen LogP contribution is -2.40. The van der Waals surface area contributed by atoms with Crippen LogP contribution in [0.15, 0.2) is 18.5 Å². The quantitative estimate of drug-likeness (QED) is 0.904.